The molecule has 0 saturated carbocycles. The molecule has 2 aliphatic heterocycles. The van der Waals surface area contributed by atoms with Crippen LogP contribution in [0.2, 0.25) is 0 Å². The number of amides is 1. The zero-order chi connectivity index (χ0) is 22.5. The second-order valence-electron chi connectivity index (χ2n) is 9.03. The summed E-state index contributed by atoms with van der Waals surface area (Å²) in [6.45, 7) is 6.34. The zero-order valence-corrected chi connectivity index (χ0v) is 19.7. The van der Waals surface area contributed by atoms with Crippen molar-refractivity contribution in [3.05, 3.63) is 47.4 Å². The van der Waals surface area contributed by atoms with Crippen molar-refractivity contribution in [3.8, 4) is 0 Å². The average molecular weight is 437 g/mol. The van der Waals surface area contributed by atoms with Gasteiger partial charge in [-0.1, -0.05) is 18.2 Å². The largest absolute Gasteiger partial charge is 0.373 e. The number of anilines is 2. The smallest absolute Gasteiger partial charge is 0.219 e. The van der Waals surface area contributed by atoms with E-state index >= 15 is 0 Å². The van der Waals surface area contributed by atoms with Gasteiger partial charge in [-0.3, -0.25) is 9.69 Å². The SMILES string of the molecule is CNc1cc(CN(C)C(C)=O)nc([C@H]2CCCN2Cc2ccccc2N2CCCCC2)n1. The van der Waals surface area contributed by atoms with Crippen molar-refractivity contribution in [1.82, 2.24) is 19.8 Å². The Balaban J connectivity index is 1.56. The highest BCUT2D eigenvalue weighted by molar-refractivity contribution is 5.72. The van der Waals surface area contributed by atoms with Gasteiger partial charge in [-0.25, -0.2) is 9.97 Å². The quantitative estimate of drug-likeness (QED) is 0.712. The van der Waals surface area contributed by atoms with Gasteiger partial charge < -0.3 is 15.1 Å². The van der Waals surface area contributed by atoms with E-state index in [1.807, 2.05) is 20.2 Å². The van der Waals surface area contributed by atoms with Gasteiger partial charge >= 0.3 is 0 Å². The fraction of sp³-hybridized carbons (Fsp3) is 0.560. The number of carbonyl (C=O) groups is 1. The van der Waals surface area contributed by atoms with Crippen molar-refractivity contribution >= 4 is 17.4 Å². The molecule has 1 aromatic carbocycles. The number of aromatic nitrogens is 2. The van der Waals surface area contributed by atoms with Crippen molar-refractivity contribution < 1.29 is 4.79 Å². The molecule has 3 heterocycles. The van der Waals surface area contributed by atoms with Crippen LogP contribution in [0.1, 0.15) is 62.2 Å². The molecule has 2 aliphatic rings. The van der Waals surface area contributed by atoms with E-state index in [0.29, 0.717) is 6.54 Å². The topological polar surface area (TPSA) is 64.6 Å². The van der Waals surface area contributed by atoms with Gasteiger partial charge in [0.15, 0.2) is 0 Å². The highest BCUT2D eigenvalue weighted by Gasteiger charge is 2.30. The Morgan fingerprint density at radius 2 is 1.91 bits per heavy atom. The monoisotopic (exact) mass is 436 g/mol. The lowest BCUT2D eigenvalue weighted by molar-refractivity contribution is -0.128. The molecule has 4 rings (SSSR count). The number of hydrogen-bond donors (Lipinski definition) is 1. The molecular weight excluding hydrogens is 400 g/mol. The first kappa shape index (κ1) is 22.5. The first-order chi connectivity index (χ1) is 15.5. The molecule has 1 N–H and O–H groups in total. The summed E-state index contributed by atoms with van der Waals surface area (Å²) < 4.78 is 0. The Hall–Kier alpha value is -2.67. The second kappa shape index (κ2) is 10.3. The van der Waals surface area contributed by atoms with Crippen LogP contribution in [-0.2, 0) is 17.9 Å². The number of benzene rings is 1. The summed E-state index contributed by atoms with van der Waals surface area (Å²) >= 11 is 0. The van der Waals surface area contributed by atoms with Crippen molar-refractivity contribution in [1.29, 1.82) is 0 Å². The van der Waals surface area contributed by atoms with Crippen LogP contribution in [0.25, 0.3) is 0 Å². The van der Waals surface area contributed by atoms with Crippen LogP contribution in [0.15, 0.2) is 30.3 Å². The van der Waals surface area contributed by atoms with E-state index in [1.165, 1.54) is 30.5 Å². The Labute approximate surface area is 191 Å². The molecule has 7 nitrogen and oxygen atoms in total. The second-order valence-corrected chi connectivity index (χ2v) is 9.03. The number of rotatable bonds is 7. The first-order valence-electron chi connectivity index (χ1n) is 11.9. The van der Waals surface area contributed by atoms with E-state index in [4.69, 9.17) is 9.97 Å². The third kappa shape index (κ3) is 5.21. The molecule has 1 aromatic heterocycles. The number of piperidine rings is 1. The summed E-state index contributed by atoms with van der Waals surface area (Å²) in [7, 11) is 3.69. The molecule has 1 atom stereocenters. The number of carbonyl (C=O) groups excluding carboxylic acids is 1. The minimum atomic E-state index is 0.0352. The molecule has 172 valence electrons. The van der Waals surface area contributed by atoms with E-state index in [2.05, 4.69) is 39.4 Å². The van der Waals surface area contributed by atoms with Crippen LogP contribution in [0.3, 0.4) is 0 Å². The summed E-state index contributed by atoms with van der Waals surface area (Å²) in [6, 6.07) is 11.0. The van der Waals surface area contributed by atoms with Gasteiger partial charge in [0.05, 0.1) is 18.3 Å². The minimum Gasteiger partial charge on any atom is -0.373 e. The van der Waals surface area contributed by atoms with E-state index in [9.17, 15) is 4.79 Å². The molecule has 2 fully saturated rings. The molecule has 0 bridgehead atoms. The van der Waals surface area contributed by atoms with E-state index in [1.54, 1.807) is 11.8 Å². The Morgan fingerprint density at radius 3 is 2.66 bits per heavy atom. The number of likely N-dealkylation sites (tertiary alicyclic amines) is 1. The predicted molar refractivity (Wildman–Crippen MR) is 129 cm³/mol. The number of para-hydroxylation sites is 1. The van der Waals surface area contributed by atoms with Crippen LogP contribution >= 0.6 is 0 Å². The fourth-order valence-electron chi connectivity index (χ4n) is 4.84. The fourth-order valence-corrected chi connectivity index (χ4v) is 4.84. The molecule has 2 aromatic rings. The molecule has 0 aliphatic carbocycles. The van der Waals surface area contributed by atoms with Crippen molar-refractivity contribution in [3.63, 3.8) is 0 Å². The number of nitrogens with zero attached hydrogens (tertiary/aromatic N) is 5. The summed E-state index contributed by atoms with van der Waals surface area (Å²) in [6.07, 6.45) is 6.10. The van der Waals surface area contributed by atoms with Gasteiger partial charge in [0.25, 0.3) is 0 Å². The highest BCUT2D eigenvalue weighted by atomic mass is 16.2. The molecule has 0 unspecified atom stereocenters. The first-order valence-corrected chi connectivity index (χ1v) is 11.9. The van der Waals surface area contributed by atoms with Crippen LogP contribution < -0.4 is 10.2 Å². The lowest BCUT2D eigenvalue weighted by Crippen LogP contribution is -2.31. The Morgan fingerprint density at radius 1 is 1.12 bits per heavy atom. The summed E-state index contributed by atoms with van der Waals surface area (Å²) in [5, 5.41) is 3.17. The Bertz CT molecular complexity index is 926. The third-order valence-corrected chi connectivity index (χ3v) is 6.71. The van der Waals surface area contributed by atoms with E-state index in [-0.39, 0.29) is 11.9 Å². The normalized spacial score (nSPS) is 19.2. The molecule has 0 radical (unpaired) electrons. The molecule has 0 spiro atoms. The highest BCUT2D eigenvalue weighted by Crippen LogP contribution is 2.34. The maximum Gasteiger partial charge on any atom is 0.219 e. The van der Waals surface area contributed by atoms with Crippen molar-refractivity contribution in [2.24, 2.45) is 0 Å². The van der Waals surface area contributed by atoms with Gasteiger partial charge in [-0.05, 0) is 50.3 Å². The standard InChI is InChI=1S/C25H36N6O/c1-19(32)29(3)18-21-16-24(26-2)28-25(27-21)23-12-9-15-31(23)17-20-10-5-6-11-22(20)30-13-7-4-8-14-30/h5-6,10-11,16,23H,4,7-9,12-15,17-18H2,1-3H3,(H,26,27,28)/t23-/m1/s1. The molecule has 32 heavy (non-hydrogen) atoms. The molecule has 7 heteroatoms. The van der Waals surface area contributed by atoms with Crippen LogP contribution in [0.4, 0.5) is 11.5 Å². The molecular formula is C25H36N6O. The van der Waals surface area contributed by atoms with Crippen molar-refractivity contribution in [2.45, 2.75) is 58.2 Å². The lowest BCUT2D eigenvalue weighted by Gasteiger charge is -2.32. The van der Waals surface area contributed by atoms with Gasteiger partial charge in [0.1, 0.15) is 11.6 Å². The summed E-state index contributed by atoms with van der Waals surface area (Å²) in [4.78, 5) is 28.2. The predicted octanol–water partition coefficient (Wildman–Crippen LogP) is 3.82. The molecule has 2 saturated heterocycles. The summed E-state index contributed by atoms with van der Waals surface area (Å²) in [5.41, 5.74) is 3.65. The zero-order valence-electron chi connectivity index (χ0n) is 19.7. The number of nitrogens with one attached hydrogen (secondary N) is 1. The van der Waals surface area contributed by atoms with E-state index in [0.717, 1.165) is 56.4 Å². The van der Waals surface area contributed by atoms with Gasteiger partial charge in [-0.2, -0.15) is 0 Å². The van der Waals surface area contributed by atoms with Crippen molar-refractivity contribution in [2.75, 3.05) is 43.9 Å². The maximum absolute atomic E-state index is 11.7. The molecule has 1 amide bonds. The lowest BCUT2D eigenvalue weighted by atomic mass is 10.1. The average Bonchev–Trinajstić information content (AvgIpc) is 3.28. The minimum absolute atomic E-state index is 0.0352. The number of hydrogen-bond acceptors (Lipinski definition) is 6. The van der Waals surface area contributed by atoms with Crippen LogP contribution in [-0.4, -0.2) is 59.4 Å². The summed E-state index contributed by atoms with van der Waals surface area (Å²) in [5.74, 6) is 1.70. The van der Waals surface area contributed by atoms with E-state index < -0.39 is 0 Å². The van der Waals surface area contributed by atoms with Crippen LogP contribution in [0.5, 0.6) is 0 Å². The van der Waals surface area contributed by atoms with Gasteiger partial charge in [0.2, 0.25) is 5.91 Å². The van der Waals surface area contributed by atoms with Gasteiger partial charge in [0, 0.05) is 52.4 Å². The van der Waals surface area contributed by atoms with Crippen LogP contribution in [0, 0.1) is 0 Å². The van der Waals surface area contributed by atoms with Gasteiger partial charge in [-0.15, -0.1) is 0 Å². The Kier molecular flexibility index (Phi) is 7.25. The maximum atomic E-state index is 11.7. The third-order valence-electron chi connectivity index (χ3n) is 6.71.